The molecule has 0 bridgehead atoms. The number of amides is 1. The molecule has 0 unspecified atom stereocenters. The number of nitrogens with zero attached hydrogens (tertiary/aromatic N) is 1. The van der Waals surface area contributed by atoms with Crippen LogP contribution in [0.25, 0.3) is 0 Å². The van der Waals surface area contributed by atoms with Gasteiger partial charge in [0, 0.05) is 24.7 Å². The number of carbonyl (C=O) groups excluding carboxylic acids is 1. The number of hydrogen-bond donors (Lipinski definition) is 1. The number of pyridine rings is 1. The SMILES string of the molecule is O=C(CC1CC1)N[C@H]1COC[C@H]1Cc1ccncc1. The predicted octanol–water partition coefficient (Wildman–Crippen LogP) is 1.56. The molecule has 0 spiro atoms. The van der Waals surface area contributed by atoms with Gasteiger partial charge in [-0.3, -0.25) is 9.78 Å². The molecule has 1 aliphatic heterocycles. The van der Waals surface area contributed by atoms with Crippen LogP contribution >= 0.6 is 0 Å². The van der Waals surface area contributed by atoms with Crippen molar-refractivity contribution >= 4 is 5.91 Å². The molecule has 2 atom stereocenters. The fourth-order valence-electron chi connectivity index (χ4n) is 2.63. The van der Waals surface area contributed by atoms with E-state index >= 15 is 0 Å². The highest BCUT2D eigenvalue weighted by Gasteiger charge is 2.31. The summed E-state index contributed by atoms with van der Waals surface area (Å²) in [6.45, 7) is 1.38. The number of nitrogens with one attached hydrogen (secondary N) is 1. The number of carbonyl (C=O) groups is 1. The van der Waals surface area contributed by atoms with Crippen LogP contribution in [0.15, 0.2) is 24.5 Å². The molecule has 19 heavy (non-hydrogen) atoms. The minimum Gasteiger partial charge on any atom is -0.379 e. The fourth-order valence-corrected chi connectivity index (χ4v) is 2.63. The van der Waals surface area contributed by atoms with E-state index in [9.17, 15) is 4.79 Å². The lowest BCUT2D eigenvalue weighted by Gasteiger charge is -2.19. The molecule has 1 aromatic rings. The van der Waals surface area contributed by atoms with Crippen molar-refractivity contribution in [1.82, 2.24) is 10.3 Å². The maximum atomic E-state index is 11.9. The van der Waals surface area contributed by atoms with Gasteiger partial charge >= 0.3 is 0 Å². The molecule has 4 nitrogen and oxygen atoms in total. The van der Waals surface area contributed by atoms with Gasteiger partial charge in [-0.1, -0.05) is 0 Å². The van der Waals surface area contributed by atoms with Gasteiger partial charge in [-0.05, 0) is 42.9 Å². The van der Waals surface area contributed by atoms with Crippen molar-refractivity contribution in [2.45, 2.75) is 31.7 Å². The molecule has 102 valence electrons. The van der Waals surface area contributed by atoms with Crippen molar-refractivity contribution in [3.63, 3.8) is 0 Å². The van der Waals surface area contributed by atoms with Gasteiger partial charge in [-0.2, -0.15) is 0 Å². The largest absolute Gasteiger partial charge is 0.379 e. The Balaban J connectivity index is 1.53. The van der Waals surface area contributed by atoms with E-state index in [0.29, 0.717) is 24.9 Å². The molecule has 3 rings (SSSR count). The van der Waals surface area contributed by atoms with Gasteiger partial charge < -0.3 is 10.1 Å². The van der Waals surface area contributed by atoms with Crippen molar-refractivity contribution in [2.24, 2.45) is 11.8 Å². The van der Waals surface area contributed by atoms with Gasteiger partial charge in [0.25, 0.3) is 0 Å². The van der Waals surface area contributed by atoms with Gasteiger partial charge in [-0.15, -0.1) is 0 Å². The zero-order chi connectivity index (χ0) is 13.1. The summed E-state index contributed by atoms with van der Waals surface area (Å²) in [5.74, 6) is 1.21. The van der Waals surface area contributed by atoms with Gasteiger partial charge in [0.15, 0.2) is 0 Å². The second-order valence-corrected chi connectivity index (χ2v) is 5.68. The molecule has 1 N–H and O–H groups in total. The molecule has 1 saturated carbocycles. The first-order valence-electron chi connectivity index (χ1n) is 7.07. The van der Waals surface area contributed by atoms with Crippen molar-refractivity contribution < 1.29 is 9.53 Å². The van der Waals surface area contributed by atoms with E-state index in [1.54, 1.807) is 0 Å². The van der Waals surface area contributed by atoms with Gasteiger partial charge in [-0.25, -0.2) is 0 Å². The number of rotatable bonds is 5. The quantitative estimate of drug-likeness (QED) is 0.874. The molecule has 1 aromatic heterocycles. The third-order valence-electron chi connectivity index (χ3n) is 3.96. The lowest BCUT2D eigenvalue weighted by Crippen LogP contribution is -2.40. The second kappa shape index (κ2) is 5.70. The van der Waals surface area contributed by atoms with Crippen molar-refractivity contribution in [1.29, 1.82) is 0 Å². The molecule has 2 heterocycles. The minimum absolute atomic E-state index is 0.166. The lowest BCUT2D eigenvalue weighted by atomic mass is 9.95. The first-order valence-corrected chi connectivity index (χ1v) is 7.07. The van der Waals surface area contributed by atoms with Crippen LogP contribution in [0.3, 0.4) is 0 Å². The van der Waals surface area contributed by atoms with Gasteiger partial charge in [0.1, 0.15) is 0 Å². The fraction of sp³-hybridized carbons (Fsp3) is 0.600. The van der Waals surface area contributed by atoms with Crippen molar-refractivity contribution in [3.8, 4) is 0 Å². The van der Waals surface area contributed by atoms with Gasteiger partial charge in [0.2, 0.25) is 5.91 Å². The molecule has 0 radical (unpaired) electrons. The average Bonchev–Trinajstić information content (AvgIpc) is 3.12. The Labute approximate surface area is 113 Å². The minimum atomic E-state index is 0.166. The summed E-state index contributed by atoms with van der Waals surface area (Å²) in [4.78, 5) is 15.9. The van der Waals surface area contributed by atoms with E-state index in [1.165, 1.54) is 18.4 Å². The normalized spacial score (nSPS) is 26.3. The van der Waals surface area contributed by atoms with E-state index in [2.05, 4.69) is 10.3 Å². The van der Waals surface area contributed by atoms with Gasteiger partial charge in [0.05, 0.1) is 19.3 Å². The van der Waals surface area contributed by atoms with Crippen LogP contribution in [0.4, 0.5) is 0 Å². The summed E-state index contributed by atoms with van der Waals surface area (Å²) in [6.07, 6.45) is 7.69. The summed E-state index contributed by atoms with van der Waals surface area (Å²) in [7, 11) is 0. The standard InChI is InChI=1S/C15H20N2O2/c18-15(8-11-1-2-11)17-14-10-19-9-13(14)7-12-3-5-16-6-4-12/h3-6,11,13-14H,1-2,7-10H2,(H,17,18)/t13-,14+/m1/s1. The molecule has 1 amide bonds. The highest BCUT2D eigenvalue weighted by Crippen LogP contribution is 2.32. The summed E-state index contributed by atoms with van der Waals surface area (Å²) in [5.41, 5.74) is 1.26. The van der Waals surface area contributed by atoms with Crippen LogP contribution in [0.2, 0.25) is 0 Å². The van der Waals surface area contributed by atoms with Crippen LogP contribution < -0.4 is 5.32 Å². The van der Waals surface area contributed by atoms with Crippen molar-refractivity contribution in [3.05, 3.63) is 30.1 Å². The Bertz CT molecular complexity index is 431. The average molecular weight is 260 g/mol. The number of aromatic nitrogens is 1. The molecule has 1 saturated heterocycles. The molecular weight excluding hydrogens is 240 g/mol. The molecule has 2 aliphatic rings. The van der Waals surface area contributed by atoms with E-state index in [1.807, 2.05) is 24.5 Å². The van der Waals surface area contributed by atoms with Crippen LogP contribution in [-0.4, -0.2) is 30.1 Å². The zero-order valence-electron chi connectivity index (χ0n) is 11.0. The third-order valence-corrected chi connectivity index (χ3v) is 3.96. The van der Waals surface area contributed by atoms with Crippen LogP contribution in [-0.2, 0) is 16.0 Å². The maximum absolute atomic E-state index is 11.9. The maximum Gasteiger partial charge on any atom is 0.220 e. The van der Waals surface area contributed by atoms with E-state index in [0.717, 1.165) is 13.0 Å². The van der Waals surface area contributed by atoms with E-state index in [4.69, 9.17) is 4.74 Å². The number of ether oxygens (including phenoxy) is 1. The summed E-state index contributed by atoms with van der Waals surface area (Å²) in [5, 5.41) is 3.14. The van der Waals surface area contributed by atoms with E-state index in [-0.39, 0.29) is 11.9 Å². The number of hydrogen-bond acceptors (Lipinski definition) is 3. The first-order chi connectivity index (χ1) is 9.31. The van der Waals surface area contributed by atoms with Crippen LogP contribution in [0.5, 0.6) is 0 Å². The highest BCUT2D eigenvalue weighted by molar-refractivity contribution is 5.76. The molecular formula is C15H20N2O2. The summed E-state index contributed by atoms with van der Waals surface area (Å²) < 4.78 is 5.53. The Kier molecular flexibility index (Phi) is 3.78. The van der Waals surface area contributed by atoms with Crippen LogP contribution in [0.1, 0.15) is 24.8 Å². The van der Waals surface area contributed by atoms with Crippen molar-refractivity contribution in [2.75, 3.05) is 13.2 Å². The van der Waals surface area contributed by atoms with E-state index < -0.39 is 0 Å². The Morgan fingerprint density at radius 3 is 2.84 bits per heavy atom. The Morgan fingerprint density at radius 2 is 2.11 bits per heavy atom. The second-order valence-electron chi connectivity index (χ2n) is 5.68. The predicted molar refractivity (Wildman–Crippen MR) is 71.5 cm³/mol. The smallest absolute Gasteiger partial charge is 0.220 e. The Hall–Kier alpha value is -1.42. The summed E-state index contributed by atoms with van der Waals surface area (Å²) in [6, 6.07) is 4.22. The molecule has 1 aliphatic carbocycles. The highest BCUT2D eigenvalue weighted by atomic mass is 16.5. The monoisotopic (exact) mass is 260 g/mol. The molecule has 4 heteroatoms. The third kappa shape index (κ3) is 3.53. The van der Waals surface area contributed by atoms with Crippen LogP contribution in [0, 0.1) is 11.8 Å². The Morgan fingerprint density at radius 1 is 1.32 bits per heavy atom. The topological polar surface area (TPSA) is 51.2 Å². The molecule has 0 aromatic carbocycles. The lowest BCUT2D eigenvalue weighted by molar-refractivity contribution is -0.122. The molecule has 2 fully saturated rings. The first kappa shape index (κ1) is 12.6. The zero-order valence-corrected chi connectivity index (χ0v) is 11.0. The summed E-state index contributed by atoms with van der Waals surface area (Å²) >= 11 is 0.